The van der Waals surface area contributed by atoms with E-state index in [0.29, 0.717) is 23.7 Å². The fourth-order valence-electron chi connectivity index (χ4n) is 3.99. The van der Waals surface area contributed by atoms with Crippen LogP contribution in [-0.2, 0) is 35.3 Å². The van der Waals surface area contributed by atoms with Crippen molar-refractivity contribution in [3.05, 3.63) is 55.7 Å². The lowest BCUT2D eigenvalue weighted by Gasteiger charge is -2.27. The Balaban J connectivity index is 1.57. The fraction of sp³-hybridized carbons (Fsp3) is 0.480. The quantitative estimate of drug-likeness (QED) is 0.499. The average molecular weight is 506 g/mol. The number of alkyl carbamates (subject to hydrolysis) is 1. The minimum Gasteiger partial charge on any atom is -0.444 e. The summed E-state index contributed by atoms with van der Waals surface area (Å²) in [6.07, 6.45) is 1.57. The molecule has 2 heterocycles. The third-order valence-corrected chi connectivity index (χ3v) is 6.92. The number of amides is 2. The molecule has 3 rings (SSSR count). The van der Waals surface area contributed by atoms with Crippen LogP contribution in [0.25, 0.3) is 0 Å². The number of halogens is 1. The van der Waals surface area contributed by atoms with Gasteiger partial charge < -0.3 is 15.8 Å². The summed E-state index contributed by atoms with van der Waals surface area (Å²) >= 11 is 7.43. The van der Waals surface area contributed by atoms with Crippen molar-refractivity contribution in [3.8, 4) is 0 Å². The molecule has 2 aromatic rings. The number of ketones is 1. The number of hydrogen-bond donors (Lipinski definition) is 2. The molecule has 34 heavy (non-hydrogen) atoms. The van der Waals surface area contributed by atoms with E-state index in [-0.39, 0.29) is 18.6 Å². The van der Waals surface area contributed by atoms with Gasteiger partial charge in [0.15, 0.2) is 0 Å². The molecule has 9 heteroatoms. The molecule has 0 bridgehead atoms. The number of thiophene rings is 1. The van der Waals surface area contributed by atoms with Gasteiger partial charge in [-0.15, -0.1) is 11.3 Å². The molecule has 2 amide bonds. The SMILES string of the molecule is CC(C)(C)OC(=O)NCCCN1CCc2c(sc(CC(=O)Cc3ccc(Cl)cc3)c2C(N)=O)C1. The Morgan fingerprint density at radius 1 is 1.18 bits per heavy atom. The van der Waals surface area contributed by atoms with E-state index in [1.807, 2.05) is 32.9 Å². The highest BCUT2D eigenvalue weighted by atomic mass is 35.5. The second-order valence-corrected chi connectivity index (χ2v) is 11.1. The number of carbonyl (C=O) groups excluding carboxylic acids is 3. The molecule has 184 valence electrons. The lowest BCUT2D eigenvalue weighted by Crippen LogP contribution is -2.36. The van der Waals surface area contributed by atoms with E-state index in [1.54, 1.807) is 12.1 Å². The zero-order valence-corrected chi connectivity index (χ0v) is 21.5. The number of nitrogens with two attached hydrogens (primary N) is 1. The minimum absolute atomic E-state index is 0.0356. The molecule has 1 aromatic heterocycles. The Labute approximate surface area is 209 Å². The largest absolute Gasteiger partial charge is 0.444 e. The summed E-state index contributed by atoms with van der Waals surface area (Å²) < 4.78 is 5.25. The van der Waals surface area contributed by atoms with E-state index >= 15 is 0 Å². The summed E-state index contributed by atoms with van der Waals surface area (Å²) in [6.45, 7) is 8.34. The zero-order valence-electron chi connectivity index (χ0n) is 19.9. The van der Waals surface area contributed by atoms with Gasteiger partial charge >= 0.3 is 6.09 Å². The first-order valence-electron chi connectivity index (χ1n) is 11.4. The van der Waals surface area contributed by atoms with Gasteiger partial charge in [-0.25, -0.2) is 4.79 Å². The Hall–Kier alpha value is -2.42. The first-order chi connectivity index (χ1) is 16.0. The predicted octanol–water partition coefficient (Wildman–Crippen LogP) is 4.13. The first kappa shape index (κ1) is 26.2. The topological polar surface area (TPSA) is 102 Å². The lowest BCUT2D eigenvalue weighted by atomic mass is 9.98. The summed E-state index contributed by atoms with van der Waals surface area (Å²) in [5, 5.41) is 3.41. The van der Waals surface area contributed by atoms with Crippen LogP contribution in [0.4, 0.5) is 4.79 Å². The number of carbonyl (C=O) groups is 3. The van der Waals surface area contributed by atoms with Crippen LogP contribution < -0.4 is 11.1 Å². The van der Waals surface area contributed by atoms with Gasteiger partial charge in [0, 0.05) is 53.8 Å². The van der Waals surface area contributed by atoms with Crippen LogP contribution in [0.15, 0.2) is 24.3 Å². The molecule has 0 unspecified atom stereocenters. The zero-order chi connectivity index (χ0) is 24.9. The smallest absolute Gasteiger partial charge is 0.407 e. The molecule has 0 saturated carbocycles. The molecule has 0 atom stereocenters. The van der Waals surface area contributed by atoms with Gasteiger partial charge in [-0.3, -0.25) is 14.5 Å². The second-order valence-electron chi connectivity index (χ2n) is 9.49. The summed E-state index contributed by atoms with van der Waals surface area (Å²) in [7, 11) is 0. The molecular formula is C25H32ClN3O4S. The molecule has 1 aliphatic rings. The van der Waals surface area contributed by atoms with E-state index in [9.17, 15) is 14.4 Å². The van der Waals surface area contributed by atoms with Gasteiger partial charge in [-0.2, -0.15) is 0 Å². The second kappa shape index (κ2) is 11.3. The number of rotatable bonds is 9. The Bertz CT molecular complexity index is 1040. The number of hydrogen-bond acceptors (Lipinski definition) is 6. The Morgan fingerprint density at radius 3 is 2.53 bits per heavy atom. The van der Waals surface area contributed by atoms with Crippen molar-refractivity contribution in [3.63, 3.8) is 0 Å². The Morgan fingerprint density at radius 2 is 1.88 bits per heavy atom. The van der Waals surface area contributed by atoms with Crippen molar-refractivity contribution in [2.24, 2.45) is 5.73 Å². The maximum atomic E-state index is 12.7. The standard InChI is InChI=1S/C25H32ClN3O4S/c1-25(2,3)33-24(32)28-10-4-11-29-12-9-19-21(15-29)34-20(22(19)23(27)31)14-18(30)13-16-5-7-17(26)8-6-16/h5-8H,4,9-15H2,1-3H3,(H2,27,31)(H,28,32). The first-order valence-corrected chi connectivity index (χ1v) is 12.6. The highest BCUT2D eigenvalue weighted by Gasteiger charge is 2.27. The van der Waals surface area contributed by atoms with Crippen LogP contribution in [0.1, 0.15) is 58.4 Å². The van der Waals surface area contributed by atoms with Gasteiger partial charge in [0.25, 0.3) is 0 Å². The summed E-state index contributed by atoms with van der Waals surface area (Å²) in [5.74, 6) is -0.435. The normalized spacial score (nSPS) is 13.9. The van der Waals surface area contributed by atoms with E-state index in [1.165, 1.54) is 11.3 Å². The third kappa shape index (κ3) is 7.55. The molecule has 0 spiro atoms. The van der Waals surface area contributed by atoms with Crippen LogP contribution in [0.2, 0.25) is 5.02 Å². The van der Waals surface area contributed by atoms with E-state index in [2.05, 4.69) is 10.2 Å². The van der Waals surface area contributed by atoms with E-state index in [0.717, 1.165) is 46.8 Å². The number of nitrogens with one attached hydrogen (secondary N) is 1. The summed E-state index contributed by atoms with van der Waals surface area (Å²) in [6, 6.07) is 7.20. The fourth-order valence-corrected chi connectivity index (χ4v) is 5.55. The van der Waals surface area contributed by atoms with Gasteiger partial charge in [0.2, 0.25) is 5.91 Å². The number of nitrogens with zero attached hydrogens (tertiary/aromatic N) is 1. The van der Waals surface area contributed by atoms with Crippen LogP contribution in [0.3, 0.4) is 0 Å². The van der Waals surface area contributed by atoms with Gasteiger partial charge in [0.05, 0.1) is 5.56 Å². The van der Waals surface area contributed by atoms with Crippen molar-refractivity contribution >= 4 is 40.7 Å². The van der Waals surface area contributed by atoms with Crippen molar-refractivity contribution in [1.82, 2.24) is 10.2 Å². The summed E-state index contributed by atoms with van der Waals surface area (Å²) in [5.41, 5.74) is 7.59. The molecule has 1 aromatic carbocycles. The molecule has 0 fully saturated rings. The lowest BCUT2D eigenvalue weighted by molar-refractivity contribution is -0.117. The number of ether oxygens (including phenoxy) is 1. The third-order valence-electron chi connectivity index (χ3n) is 5.45. The number of primary amides is 1. The van der Waals surface area contributed by atoms with Gasteiger partial charge in [-0.05, 0) is 56.9 Å². The molecule has 1 aliphatic heterocycles. The van der Waals surface area contributed by atoms with Crippen LogP contribution in [-0.4, -0.2) is 47.9 Å². The monoisotopic (exact) mass is 505 g/mol. The summed E-state index contributed by atoms with van der Waals surface area (Å²) in [4.78, 5) is 40.8. The molecular weight excluding hydrogens is 474 g/mol. The molecule has 7 nitrogen and oxygen atoms in total. The maximum Gasteiger partial charge on any atom is 0.407 e. The molecule has 3 N–H and O–H groups in total. The maximum absolute atomic E-state index is 12.7. The highest BCUT2D eigenvalue weighted by Crippen LogP contribution is 2.34. The highest BCUT2D eigenvalue weighted by molar-refractivity contribution is 7.12. The van der Waals surface area contributed by atoms with Crippen molar-refractivity contribution in [2.75, 3.05) is 19.6 Å². The van der Waals surface area contributed by atoms with Crippen molar-refractivity contribution < 1.29 is 19.1 Å². The van der Waals surface area contributed by atoms with Crippen LogP contribution in [0, 0.1) is 0 Å². The van der Waals surface area contributed by atoms with Gasteiger partial charge in [-0.1, -0.05) is 23.7 Å². The minimum atomic E-state index is -0.515. The van der Waals surface area contributed by atoms with E-state index in [4.69, 9.17) is 22.1 Å². The average Bonchev–Trinajstić information content (AvgIpc) is 3.08. The van der Waals surface area contributed by atoms with Gasteiger partial charge in [0.1, 0.15) is 11.4 Å². The van der Waals surface area contributed by atoms with E-state index < -0.39 is 17.6 Å². The predicted molar refractivity (Wildman–Crippen MR) is 135 cm³/mol. The van der Waals surface area contributed by atoms with Crippen molar-refractivity contribution in [1.29, 1.82) is 0 Å². The molecule has 0 saturated heterocycles. The van der Waals surface area contributed by atoms with Crippen molar-refractivity contribution in [2.45, 2.75) is 58.6 Å². The molecule has 0 radical (unpaired) electrons. The Kier molecular flexibility index (Phi) is 8.73. The molecule has 0 aliphatic carbocycles. The van der Waals surface area contributed by atoms with Crippen LogP contribution in [0.5, 0.6) is 0 Å². The van der Waals surface area contributed by atoms with Crippen LogP contribution >= 0.6 is 22.9 Å². The number of fused-ring (bicyclic) bond motifs is 1. The number of benzene rings is 1. The number of Topliss-reactive ketones (excluding diaryl/α,β-unsaturated/α-hetero) is 1.